The fourth-order valence-corrected chi connectivity index (χ4v) is 3.17. The number of aliphatic imine (C=N–C) groups is 1. The van der Waals surface area contributed by atoms with Gasteiger partial charge in [-0.2, -0.15) is 13.9 Å². The Morgan fingerprint density at radius 3 is 2.44 bits per heavy atom. The number of rotatable bonds is 3. The lowest BCUT2D eigenvalue weighted by molar-refractivity contribution is -0.0286. The van der Waals surface area contributed by atoms with Crippen LogP contribution in [0.4, 0.5) is 24.7 Å². The van der Waals surface area contributed by atoms with Gasteiger partial charge in [0.2, 0.25) is 0 Å². The molecule has 1 unspecified atom stereocenters. The molecular weight excluding hydrogens is 353 g/mol. The number of aromatic amines is 1. The minimum Gasteiger partial charge on any atom is -0.296 e. The Balaban J connectivity index is 1.87. The summed E-state index contributed by atoms with van der Waals surface area (Å²) in [6.07, 6.45) is -0.0904. The van der Waals surface area contributed by atoms with Crippen LogP contribution >= 0.6 is 0 Å². The summed E-state index contributed by atoms with van der Waals surface area (Å²) < 4.78 is 44.0. The van der Waals surface area contributed by atoms with Crippen molar-refractivity contribution in [1.82, 2.24) is 10.2 Å². The summed E-state index contributed by atoms with van der Waals surface area (Å²) in [5.74, 6) is -3.58. The van der Waals surface area contributed by atoms with E-state index in [0.29, 0.717) is 11.5 Å². The third kappa shape index (κ3) is 2.99. The van der Waals surface area contributed by atoms with Crippen LogP contribution < -0.4 is 4.90 Å². The van der Waals surface area contributed by atoms with E-state index in [4.69, 9.17) is 0 Å². The second-order valence-electron chi connectivity index (χ2n) is 6.62. The maximum Gasteiger partial charge on any atom is 0.313 e. The van der Waals surface area contributed by atoms with Crippen LogP contribution in [0, 0.1) is 19.7 Å². The third-order valence-electron chi connectivity index (χ3n) is 4.54. The third-order valence-corrected chi connectivity index (χ3v) is 4.54. The van der Waals surface area contributed by atoms with Gasteiger partial charge in [-0.3, -0.25) is 15.0 Å². The largest absolute Gasteiger partial charge is 0.313 e. The van der Waals surface area contributed by atoms with E-state index < -0.39 is 17.9 Å². The molecule has 2 aromatic carbocycles. The Morgan fingerprint density at radius 2 is 1.78 bits per heavy atom. The van der Waals surface area contributed by atoms with Gasteiger partial charge in [-0.05, 0) is 49.7 Å². The van der Waals surface area contributed by atoms with Gasteiger partial charge in [0.05, 0.1) is 5.69 Å². The van der Waals surface area contributed by atoms with Crippen LogP contribution in [0.15, 0.2) is 53.5 Å². The predicted molar refractivity (Wildman–Crippen MR) is 98.3 cm³/mol. The van der Waals surface area contributed by atoms with Crippen molar-refractivity contribution in [3.05, 3.63) is 76.7 Å². The number of nitrogens with one attached hydrogen (secondary N) is 1. The Labute approximate surface area is 154 Å². The molecule has 0 fully saturated rings. The lowest BCUT2D eigenvalue weighted by Crippen LogP contribution is -2.45. The molecule has 1 atom stereocenters. The topological polar surface area (TPSA) is 44.3 Å². The number of alkyl halides is 2. The van der Waals surface area contributed by atoms with Crippen molar-refractivity contribution in [2.45, 2.75) is 25.9 Å². The van der Waals surface area contributed by atoms with E-state index >= 15 is 8.78 Å². The lowest BCUT2D eigenvalue weighted by atomic mass is 10.0. The van der Waals surface area contributed by atoms with Crippen LogP contribution in [0.2, 0.25) is 0 Å². The van der Waals surface area contributed by atoms with Gasteiger partial charge in [0.1, 0.15) is 5.82 Å². The quantitative estimate of drug-likeness (QED) is 0.716. The molecule has 0 saturated carbocycles. The molecule has 1 N–H and O–H groups in total. The summed E-state index contributed by atoms with van der Waals surface area (Å²) >= 11 is 0. The molecule has 1 aliphatic rings. The average molecular weight is 370 g/mol. The number of aryl methyl sites for hydroxylation is 2. The number of hydrogen-bond acceptors (Lipinski definition) is 3. The van der Waals surface area contributed by atoms with Gasteiger partial charge in [-0.1, -0.05) is 12.1 Å². The minimum atomic E-state index is -3.36. The zero-order valence-electron chi connectivity index (χ0n) is 14.7. The standard InChI is InChI=1S/C20H17F3N4/c1-12-3-4-14-11-24-19(20(22,23)15-5-7-16(21)8-6-15)27(17(14)9-12)18-10-13(2)25-26-18/h3-11,19H,1-2H3,(H,25,26). The number of halogens is 3. The maximum absolute atomic E-state index is 15.4. The monoisotopic (exact) mass is 370 g/mol. The number of aromatic nitrogens is 2. The van der Waals surface area contributed by atoms with E-state index in [-0.39, 0.29) is 5.56 Å². The number of fused-ring (bicyclic) bond motifs is 1. The number of nitrogens with zero attached hydrogens (tertiary/aromatic N) is 3. The highest BCUT2D eigenvalue weighted by atomic mass is 19.3. The average Bonchev–Trinajstić information content (AvgIpc) is 3.07. The second-order valence-corrected chi connectivity index (χ2v) is 6.62. The van der Waals surface area contributed by atoms with Crippen LogP contribution in [0.1, 0.15) is 22.4 Å². The Kier molecular flexibility index (Phi) is 4.02. The molecule has 0 bridgehead atoms. The van der Waals surface area contributed by atoms with Gasteiger partial charge >= 0.3 is 5.92 Å². The number of H-pyrrole nitrogens is 1. The van der Waals surface area contributed by atoms with Crippen LogP contribution in [0.5, 0.6) is 0 Å². The maximum atomic E-state index is 15.4. The molecule has 3 aromatic rings. The van der Waals surface area contributed by atoms with Crippen molar-refractivity contribution in [1.29, 1.82) is 0 Å². The zero-order chi connectivity index (χ0) is 19.2. The van der Waals surface area contributed by atoms with Crippen molar-refractivity contribution >= 4 is 17.7 Å². The molecular formula is C20H17F3N4. The van der Waals surface area contributed by atoms with Gasteiger partial charge < -0.3 is 0 Å². The Hall–Kier alpha value is -3.09. The summed E-state index contributed by atoms with van der Waals surface area (Å²) in [5.41, 5.74) is 2.71. The predicted octanol–water partition coefficient (Wildman–Crippen LogP) is 4.85. The van der Waals surface area contributed by atoms with E-state index in [1.807, 2.05) is 25.1 Å². The fraction of sp³-hybridized carbons (Fsp3) is 0.200. The molecule has 0 radical (unpaired) electrons. The molecule has 0 saturated heterocycles. The molecule has 1 aromatic heterocycles. The molecule has 1 aliphatic heterocycles. The van der Waals surface area contributed by atoms with Crippen molar-refractivity contribution in [2.75, 3.05) is 4.90 Å². The summed E-state index contributed by atoms with van der Waals surface area (Å²) in [7, 11) is 0. The number of hydrogen-bond donors (Lipinski definition) is 1. The van der Waals surface area contributed by atoms with Crippen molar-refractivity contribution in [2.24, 2.45) is 4.99 Å². The van der Waals surface area contributed by atoms with E-state index in [1.54, 1.807) is 13.0 Å². The molecule has 0 spiro atoms. The summed E-state index contributed by atoms with van der Waals surface area (Å²) in [6.45, 7) is 3.70. The minimum absolute atomic E-state index is 0.306. The van der Waals surface area contributed by atoms with Crippen LogP contribution in [-0.4, -0.2) is 22.6 Å². The van der Waals surface area contributed by atoms with Crippen LogP contribution in [0.3, 0.4) is 0 Å². The Bertz CT molecular complexity index is 1010. The smallest absolute Gasteiger partial charge is 0.296 e. The second kappa shape index (κ2) is 6.26. The first kappa shape index (κ1) is 17.3. The summed E-state index contributed by atoms with van der Waals surface area (Å²) in [5, 5.41) is 6.97. The van der Waals surface area contributed by atoms with Gasteiger partial charge in [-0.15, -0.1) is 0 Å². The first-order valence-corrected chi connectivity index (χ1v) is 8.45. The van der Waals surface area contributed by atoms with E-state index in [1.165, 1.54) is 11.1 Å². The van der Waals surface area contributed by atoms with Gasteiger partial charge in [0.25, 0.3) is 0 Å². The van der Waals surface area contributed by atoms with Gasteiger partial charge in [0.15, 0.2) is 12.0 Å². The first-order chi connectivity index (χ1) is 12.9. The molecule has 4 nitrogen and oxygen atoms in total. The van der Waals surface area contributed by atoms with E-state index in [0.717, 1.165) is 41.1 Å². The van der Waals surface area contributed by atoms with Crippen molar-refractivity contribution in [3.8, 4) is 0 Å². The van der Waals surface area contributed by atoms with Crippen molar-refractivity contribution < 1.29 is 13.2 Å². The van der Waals surface area contributed by atoms with Crippen LogP contribution in [0.25, 0.3) is 0 Å². The van der Waals surface area contributed by atoms with E-state index in [9.17, 15) is 4.39 Å². The Morgan fingerprint density at radius 1 is 1.04 bits per heavy atom. The number of benzene rings is 2. The molecule has 0 aliphatic carbocycles. The molecule has 27 heavy (non-hydrogen) atoms. The van der Waals surface area contributed by atoms with Crippen molar-refractivity contribution in [3.63, 3.8) is 0 Å². The first-order valence-electron chi connectivity index (χ1n) is 8.45. The molecule has 2 heterocycles. The van der Waals surface area contributed by atoms with E-state index in [2.05, 4.69) is 15.2 Å². The highest BCUT2D eigenvalue weighted by Crippen LogP contribution is 2.43. The summed E-state index contributed by atoms with van der Waals surface area (Å²) in [6, 6.07) is 11.5. The summed E-state index contributed by atoms with van der Waals surface area (Å²) in [4.78, 5) is 5.57. The molecule has 0 amide bonds. The molecule has 7 heteroatoms. The molecule has 4 rings (SSSR count). The SMILES string of the molecule is Cc1ccc2c(c1)N(c1cc(C)[nH]n1)C(C(F)(F)c1ccc(F)cc1)N=C2. The lowest BCUT2D eigenvalue weighted by Gasteiger charge is -2.37. The molecule has 138 valence electrons. The van der Waals surface area contributed by atoms with Crippen LogP contribution in [-0.2, 0) is 5.92 Å². The number of anilines is 2. The normalized spacial score (nSPS) is 16.5. The highest BCUT2D eigenvalue weighted by molar-refractivity contribution is 5.92. The fourth-order valence-electron chi connectivity index (χ4n) is 3.17. The van der Waals surface area contributed by atoms with Gasteiger partial charge in [-0.25, -0.2) is 4.39 Å². The highest BCUT2D eigenvalue weighted by Gasteiger charge is 2.47. The zero-order valence-corrected chi connectivity index (χ0v) is 14.7. The van der Waals surface area contributed by atoms with Gasteiger partial charge in [0, 0.05) is 29.1 Å².